The number of benzene rings is 1. The summed E-state index contributed by atoms with van der Waals surface area (Å²) >= 11 is 1.38. The second kappa shape index (κ2) is 8.22. The van der Waals surface area contributed by atoms with Crippen molar-refractivity contribution in [3.8, 4) is 11.5 Å². The van der Waals surface area contributed by atoms with Gasteiger partial charge in [0.2, 0.25) is 10.3 Å². The standard InChI is InChI=1S/C17H23N5O3S/c1-11-5-4-8-22(10-11)17-21-20-16(26-17)19-15(23)18-12-6-7-13(24-2)14(9-12)25-3/h6-7,9,11H,4-5,8,10H2,1-3H3,(H2,18,19,20,23). The molecule has 2 N–H and O–H groups in total. The van der Waals surface area contributed by atoms with Crippen molar-refractivity contribution in [1.29, 1.82) is 0 Å². The van der Waals surface area contributed by atoms with Gasteiger partial charge in [-0.2, -0.15) is 0 Å². The van der Waals surface area contributed by atoms with Crippen molar-refractivity contribution in [2.24, 2.45) is 5.92 Å². The molecule has 140 valence electrons. The number of ether oxygens (including phenoxy) is 2. The molecule has 2 amide bonds. The van der Waals surface area contributed by atoms with E-state index in [1.54, 1.807) is 32.4 Å². The summed E-state index contributed by atoms with van der Waals surface area (Å²) in [6.07, 6.45) is 2.40. The number of methoxy groups -OCH3 is 2. The van der Waals surface area contributed by atoms with Crippen molar-refractivity contribution in [3.05, 3.63) is 18.2 Å². The zero-order valence-corrected chi connectivity index (χ0v) is 15.9. The van der Waals surface area contributed by atoms with Crippen LogP contribution in [0.1, 0.15) is 19.8 Å². The second-order valence-electron chi connectivity index (χ2n) is 6.23. The minimum absolute atomic E-state index is 0.382. The fourth-order valence-corrected chi connectivity index (χ4v) is 3.71. The molecule has 1 aliphatic heterocycles. The van der Waals surface area contributed by atoms with Gasteiger partial charge in [-0.05, 0) is 30.9 Å². The fourth-order valence-electron chi connectivity index (χ4n) is 2.93. The topological polar surface area (TPSA) is 88.6 Å². The fraction of sp³-hybridized carbons (Fsp3) is 0.471. The molecule has 0 aliphatic carbocycles. The quantitative estimate of drug-likeness (QED) is 0.830. The molecule has 1 aliphatic rings. The number of rotatable bonds is 5. The van der Waals surface area contributed by atoms with Crippen molar-refractivity contribution in [2.75, 3.05) is 42.8 Å². The Bertz CT molecular complexity index is 767. The lowest BCUT2D eigenvalue weighted by atomic mass is 10.0. The first-order chi connectivity index (χ1) is 12.6. The molecule has 1 atom stereocenters. The number of aromatic nitrogens is 2. The van der Waals surface area contributed by atoms with Gasteiger partial charge in [0.25, 0.3) is 0 Å². The number of amides is 2. The van der Waals surface area contributed by atoms with Crippen LogP contribution in [0.3, 0.4) is 0 Å². The molecule has 3 rings (SSSR count). The molecule has 0 saturated carbocycles. The van der Waals surface area contributed by atoms with Crippen molar-refractivity contribution in [3.63, 3.8) is 0 Å². The monoisotopic (exact) mass is 377 g/mol. The number of hydrogen-bond acceptors (Lipinski definition) is 7. The van der Waals surface area contributed by atoms with Crippen LogP contribution in [0.25, 0.3) is 0 Å². The SMILES string of the molecule is COc1ccc(NC(=O)Nc2nnc(N3CCCC(C)C3)s2)cc1OC. The molecule has 2 heterocycles. The number of hydrogen-bond donors (Lipinski definition) is 2. The highest BCUT2D eigenvalue weighted by atomic mass is 32.1. The highest BCUT2D eigenvalue weighted by Crippen LogP contribution is 2.30. The van der Waals surface area contributed by atoms with Gasteiger partial charge in [0.1, 0.15) is 0 Å². The average molecular weight is 377 g/mol. The Morgan fingerprint density at radius 2 is 2.04 bits per heavy atom. The summed E-state index contributed by atoms with van der Waals surface area (Å²) < 4.78 is 10.4. The molecular formula is C17H23N5O3S. The van der Waals surface area contributed by atoms with Crippen LogP contribution in [0, 0.1) is 5.92 Å². The Hall–Kier alpha value is -2.55. The Kier molecular flexibility index (Phi) is 5.77. The van der Waals surface area contributed by atoms with Crippen LogP contribution < -0.4 is 25.0 Å². The van der Waals surface area contributed by atoms with E-state index in [4.69, 9.17) is 9.47 Å². The summed E-state index contributed by atoms with van der Waals surface area (Å²) in [4.78, 5) is 14.4. The minimum Gasteiger partial charge on any atom is -0.493 e. The zero-order chi connectivity index (χ0) is 18.5. The normalized spacial score (nSPS) is 16.9. The summed E-state index contributed by atoms with van der Waals surface area (Å²) in [5.74, 6) is 1.79. The Balaban J connectivity index is 1.60. The van der Waals surface area contributed by atoms with E-state index in [1.165, 1.54) is 17.8 Å². The van der Waals surface area contributed by atoms with Crippen LogP contribution >= 0.6 is 11.3 Å². The molecule has 9 heteroatoms. The second-order valence-corrected chi connectivity index (χ2v) is 7.19. The van der Waals surface area contributed by atoms with Crippen molar-refractivity contribution in [2.45, 2.75) is 19.8 Å². The largest absolute Gasteiger partial charge is 0.493 e. The molecule has 1 aromatic heterocycles. The predicted molar refractivity (Wildman–Crippen MR) is 103 cm³/mol. The Morgan fingerprint density at radius 1 is 1.23 bits per heavy atom. The maximum Gasteiger partial charge on any atom is 0.325 e. The van der Waals surface area contributed by atoms with E-state index >= 15 is 0 Å². The predicted octanol–water partition coefficient (Wildman–Crippen LogP) is 3.44. The van der Waals surface area contributed by atoms with Gasteiger partial charge in [-0.15, -0.1) is 10.2 Å². The van der Waals surface area contributed by atoms with Crippen LogP contribution in [0.15, 0.2) is 18.2 Å². The van der Waals surface area contributed by atoms with E-state index in [1.807, 2.05) is 0 Å². The third-order valence-corrected chi connectivity index (χ3v) is 5.10. The summed E-state index contributed by atoms with van der Waals surface area (Å²) in [7, 11) is 3.11. The lowest BCUT2D eigenvalue weighted by molar-refractivity contribution is 0.262. The van der Waals surface area contributed by atoms with Crippen LogP contribution in [0.2, 0.25) is 0 Å². The number of carbonyl (C=O) groups excluding carboxylic acids is 1. The van der Waals surface area contributed by atoms with E-state index in [-0.39, 0.29) is 6.03 Å². The summed E-state index contributed by atoms with van der Waals surface area (Å²) in [5.41, 5.74) is 0.592. The van der Waals surface area contributed by atoms with Crippen LogP contribution in [-0.4, -0.2) is 43.5 Å². The van der Waals surface area contributed by atoms with E-state index in [2.05, 4.69) is 32.7 Å². The molecule has 1 saturated heterocycles. The van der Waals surface area contributed by atoms with Gasteiger partial charge in [0, 0.05) is 24.8 Å². The first-order valence-corrected chi connectivity index (χ1v) is 9.29. The Labute approximate surface area is 156 Å². The average Bonchev–Trinajstić information content (AvgIpc) is 3.10. The molecule has 8 nitrogen and oxygen atoms in total. The summed E-state index contributed by atoms with van der Waals surface area (Å²) in [5, 5.41) is 15.1. The van der Waals surface area contributed by atoms with Crippen LogP contribution in [0.4, 0.5) is 20.7 Å². The molecule has 2 aromatic rings. The highest BCUT2D eigenvalue weighted by Gasteiger charge is 2.20. The smallest absolute Gasteiger partial charge is 0.325 e. The molecule has 26 heavy (non-hydrogen) atoms. The van der Waals surface area contributed by atoms with Crippen LogP contribution in [-0.2, 0) is 0 Å². The lowest BCUT2D eigenvalue weighted by Gasteiger charge is -2.29. The maximum atomic E-state index is 12.2. The van der Waals surface area contributed by atoms with Gasteiger partial charge in [-0.3, -0.25) is 5.32 Å². The van der Waals surface area contributed by atoms with E-state index in [0.717, 1.165) is 24.6 Å². The number of carbonyl (C=O) groups is 1. The molecule has 0 radical (unpaired) electrons. The first kappa shape index (κ1) is 18.2. The molecule has 1 aromatic carbocycles. The highest BCUT2D eigenvalue weighted by molar-refractivity contribution is 7.19. The van der Waals surface area contributed by atoms with E-state index < -0.39 is 0 Å². The van der Waals surface area contributed by atoms with Crippen LogP contribution in [0.5, 0.6) is 11.5 Å². The van der Waals surface area contributed by atoms with Gasteiger partial charge >= 0.3 is 6.03 Å². The minimum atomic E-state index is -0.382. The molecule has 0 spiro atoms. The Morgan fingerprint density at radius 3 is 2.77 bits per heavy atom. The third-order valence-electron chi connectivity index (χ3n) is 4.20. The molecule has 1 fully saturated rings. The first-order valence-electron chi connectivity index (χ1n) is 8.47. The number of nitrogens with one attached hydrogen (secondary N) is 2. The molecule has 0 bridgehead atoms. The van der Waals surface area contributed by atoms with Gasteiger partial charge in [-0.1, -0.05) is 18.3 Å². The van der Waals surface area contributed by atoms with Crippen molar-refractivity contribution < 1.29 is 14.3 Å². The van der Waals surface area contributed by atoms with Crippen molar-refractivity contribution in [1.82, 2.24) is 10.2 Å². The van der Waals surface area contributed by atoms with Gasteiger partial charge in [0.15, 0.2) is 11.5 Å². The molecule has 1 unspecified atom stereocenters. The van der Waals surface area contributed by atoms with Gasteiger partial charge in [0.05, 0.1) is 14.2 Å². The number of urea groups is 1. The number of nitrogens with zero attached hydrogens (tertiary/aromatic N) is 3. The van der Waals surface area contributed by atoms with Crippen molar-refractivity contribution >= 4 is 33.3 Å². The van der Waals surface area contributed by atoms with Gasteiger partial charge in [-0.25, -0.2) is 4.79 Å². The zero-order valence-electron chi connectivity index (χ0n) is 15.1. The van der Waals surface area contributed by atoms with E-state index in [0.29, 0.717) is 28.2 Å². The summed E-state index contributed by atoms with van der Waals surface area (Å²) in [6, 6.07) is 4.78. The lowest BCUT2D eigenvalue weighted by Crippen LogP contribution is -2.34. The maximum absolute atomic E-state index is 12.2. The summed E-state index contributed by atoms with van der Waals surface area (Å²) in [6.45, 7) is 4.20. The third kappa shape index (κ3) is 4.34. The van der Waals surface area contributed by atoms with Gasteiger partial charge < -0.3 is 19.7 Å². The number of anilines is 3. The van der Waals surface area contributed by atoms with E-state index in [9.17, 15) is 4.79 Å². The molecular weight excluding hydrogens is 354 g/mol. The number of piperidine rings is 1.